The molecule has 0 unspecified atom stereocenters. The summed E-state index contributed by atoms with van der Waals surface area (Å²) in [5.74, 6) is 6.85. The molecule has 4 N–H and O–H groups in total. The number of rotatable bonds is 3. The lowest BCUT2D eigenvalue weighted by Gasteiger charge is -2.09. The highest BCUT2D eigenvalue weighted by Crippen LogP contribution is 2.25. The highest BCUT2D eigenvalue weighted by Gasteiger charge is 2.16. The minimum atomic E-state index is 0.488. The third-order valence-electron chi connectivity index (χ3n) is 2.88. The molecule has 0 bridgehead atoms. The molecular weight excluding hydrogens is 274 g/mol. The number of furan rings is 1. The maximum absolute atomic E-state index is 6.09. The fraction of sp³-hybridized carbons (Fsp3) is 0.133. The number of aryl methyl sites for hydroxylation is 2. The van der Waals surface area contributed by atoms with Crippen molar-refractivity contribution in [1.82, 2.24) is 0 Å². The molecule has 0 saturated heterocycles. The van der Waals surface area contributed by atoms with E-state index in [-0.39, 0.29) is 0 Å². The molecule has 0 spiro atoms. The molecule has 0 radical (unpaired) electrons. The average Bonchev–Trinajstić information content (AvgIpc) is 2.80. The Kier molecular flexibility index (Phi) is 4.15. The summed E-state index contributed by atoms with van der Waals surface area (Å²) < 4.78 is 5.56. The van der Waals surface area contributed by atoms with Crippen molar-refractivity contribution >= 4 is 22.9 Å². The molecule has 4 nitrogen and oxygen atoms in total. The molecule has 104 valence electrons. The zero-order valence-corrected chi connectivity index (χ0v) is 12.1. The minimum absolute atomic E-state index is 0.488. The Bertz CT molecular complexity index is 666. The van der Waals surface area contributed by atoms with Gasteiger partial charge in [-0.05, 0) is 49.2 Å². The molecule has 2 aromatic rings. The van der Waals surface area contributed by atoms with E-state index in [2.05, 4.69) is 5.10 Å². The van der Waals surface area contributed by atoms with Crippen LogP contribution in [0.15, 0.2) is 46.1 Å². The van der Waals surface area contributed by atoms with E-state index in [1.807, 2.05) is 44.2 Å². The summed E-state index contributed by atoms with van der Waals surface area (Å²) in [6.45, 7) is 3.81. The molecule has 0 amide bonds. The molecule has 1 aromatic heterocycles. The smallest absolute Gasteiger partial charge is 0.155 e. The third-order valence-corrected chi connectivity index (χ3v) is 3.10. The molecule has 5 heteroatoms. The van der Waals surface area contributed by atoms with Crippen LogP contribution in [-0.2, 0) is 0 Å². The maximum atomic E-state index is 6.09. The van der Waals surface area contributed by atoms with E-state index in [9.17, 15) is 0 Å². The molecule has 0 atom stereocenters. The summed E-state index contributed by atoms with van der Waals surface area (Å²) in [5, 5.41) is 4.44. The van der Waals surface area contributed by atoms with Crippen LogP contribution >= 0.6 is 11.6 Å². The van der Waals surface area contributed by atoms with Crippen LogP contribution in [0.5, 0.6) is 0 Å². The molecule has 1 aromatic carbocycles. The standard InChI is InChI=1S/C15H16ClN3O/c1-9-5-11(7-12(16)6-9)13(8-17)15(19-18)14-4-3-10(2)20-14/h3-8H,17-18H2,1-2H3. The first-order chi connectivity index (χ1) is 9.55. The van der Waals surface area contributed by atoms with E-state index in [0.717, 1.165) is 16.9 Å². The van der Waals surface area contributed by atoms with Crippen molar-refractivity contribution in [3.63, 3.8) is 0 Å². The van der Waals surface area contributed by atoms with E-state index in [0.29, 0.717) is 22.1 Å². The third kappa shape index (κ3) is 2.86. The van der Waals surface area contributed by atoms with Crippen LogP contribution < -0.4 is 11.6 Å². The second-order valence-corrected chi connectivity index (χ2v) is 4.92. The number of hydrogen-bond acceptors (Lipinski definition) is 4. The molecule has 2 rings (SSSR count). The Morgan fingerprint density at radius 3 is 2.50 bits per heavy atom. The Morgan fingerprint density at radius 2 is 2.00 bits per heavy atom. The zero-order valence-electron chi connectivity index (χ0n) is 11.4. The lowest BCUT2D eigenvalue weighted by Crippen LogP contribution is -2.08. The minimum Gasteiger partial charge on any atom is -0.460 e. The molecule has 0 saturated carbocycles. The fourth-order valence-electron chi connectivity index (χ4n) is 2.03. The SMILES string of the molecule is Cc1cc(Cl)cc(C(=CN)C(=NN)c2ccc(C)o2)c1. The maximum Gasteiger partial charge on any atom is 0.155 e. The number of benzene rings is 1. The van der Waals surface area contributed by atoms with Gasteiger partial charge in [0.2, 0.25) is 0 Å². The van der Waals surface area contributed by atoms with Gasteiger partial charge in [-0.15, -0.1) is 0 Å². The Labute approximate surface area is 122 Å². The van der Waals surface area contributed by atoms with Gasteiger partial charge in [0.15, 0.2) is 5.76 Å². The first kappa shape index (κ1) is 14.2. The lowest BCUT2D eigenvalue weighted by molar-refractivity contribution is 0.526. The Morgan fingerprint density at radius 1 is 1.25 bits per heavy atom. The molecule has 0 fully saturated rings. The lowest BCUT2D eigenvalue weighted by atomic mass is 9.99. The van der Waals surface area contributed by atoms with Crippen LogP contribution in [0.4, 0.5) is 0 Å². The van der Waals surface area contributed by atoms with E-state index in [1.165, 1.54) is 6.20 Å². The molecule has 0 aliphatic rings. The summed E-state index contributed by atoms with van der Waals surface area (Å²) >= 11 is 6.09. The van der Waals surface area contributed by atoms with E-state index in [1.54, 1.807) is 0 Å². The number of hydrogen-bond donors (Lipinski definition) is 2. The van der Waals surface area contributed by atoms with Gasteiger partial charge in [-0.25, -0.2) is 0 Å². The van der Waals surface area contributed by atoms with Crippen molar-refractivity contribution in [3.05, 3.63) is 64.2 Å². The molecular formula is C15H16ClN3O. The predicted molar refractivity (Wildman–Crippen MR) is 82.5 cm³/mol. The second-order valence-electron chi connectivity index (χ2n) is 4.49. The number of nitrogens with two attached hydrogens (primary N) is 2. The van der Waals surface area contributed by atoms with E-state index < -0.39 is 0 Å². The zero-order chi connectivity index (χ0) is 14.7. The van der Waals surface area contributed by atoms with Crippen molar-refractivity contribution in [1.29, 1.82) is 0 Å². The predicted octanol–water partition coefficient (Wildman–Crippen LogP) is 3.21. The highest BCUT2D eigenvalue weighted by atomic mass is 35.5. The fourth-order valence-corrected chi connectivity index (χ4v) is 2.32. The van der Waals surface area contributed by atoms with Gasteiger partial charge in [0.05, 0.1) is 0 Å². The largest absolute Gasteiger partial charge is 0.460 e. The second kappa shape index (κ2) is 5.84. The topological polar surface area (TPSA) is 77.5 Å². The summed E-state index contributed by atoms with van der Waals surface area (Å²) in [7, 11) is 0. The van der Waals surface area contributed by atoms with Crippen LogP contribution in [0.25, 0.3) is 5.57 Å². The van der Waals surface area contributed by atoms with Gasteiger partial charge >= 0.3 is 0 Å². The summed E-state index contributed by atoms with van der Waals surface area (Å²) in [5.41, 5.74) is 8.77. The first-order valence-electron chi connectivity index (χ1n) is 6.09. The normalized spacial score (nSPS) is 12.8. The van der Waals surface area contributed by atoms with Crippen LogP contribution in [0, 0.1) is 13.8 Å². The Balaban J connectivity index is 2.51. The number of nitrogens with zero attached hydrogens (tertiary/aromatic N) is 1. The van der Waals surface area contributed by atoms with Crippen molar-refractivity contribution in [3.8, 4) is 0 Å². The first-order valence-corrected chi connectivity index (χ1v) is 6.47. The Hall–Kier alpha value is -2.20. The van der Waals surface area contributed by atoms with Gasteiger partial charge in [-0.2, -0.15) is 5.10 Å². The summed E-state index contributed by atoms with van der Waals surface area (Å²) in [6, 6.07) is 9.30. The summed E-state index contributed by atoms with van der Waals surface area (Å²) in [4.78, 5) is 0. The van der Waals surface area contributed by atoms with Crippen molar-refractivity contribution in [2.75, 3.05) is 0 Å². The van der Waals surface area contributed by atoms with Gasteiger partial charge in [0.25, 0.3) is 0 Å². The number of allylic oxidation sites excluding steroid dienone is 1. The van der Waals surface area contributed by atoms with Gasteiger partial charge < -0.3 is 16.0 Å². The quantitative estimate of drug-likeness (QED) is 0.517. The van der Waals surface area contributed by atoms with Crippen molar-refractivity contribution < 1.29 is 4.42 Å². The summed E-state index contributed by atoms with van der Waals surface area (Å²) in [6.07, 6.45) is 1.45. The molecule has 0 aliphatic heterocycles. The monoisotopic (exact) mass is 289 g/mol. The number of hydrazone groups is 1. The molecule has 1 heterocycles. The van der Waals surface area contributed by atoms with Crippen LogP contribution in [-0.4, -0.2) is 5.71 Å². The van der Waals surface area contributed by atoms with Gasteiger partial charge in [-0.3, -0.25) is 0 Å². The average molecular weight is 290 g/mol. The van der Waals surface area contributed by atoms with Gasteiger partial charge in [-0.1, -0.05) is 17.7 Å². The van der Waals surface area contributed by atoms with Crippen molar-refractivity contribution in [2.24, 2.45) is 16.7 Å². The van der Waals surface area contributed by atoms with Crippen LogP contribution in [0.2, 0.25) is 5.02 Å². The van der Waals surface area contributed by atoms with Gasteiger partial charge in [0, 0.05) is 16.8 Å². The molecule has 20 heavy (non-hydrogen) atoms. The highest BCUT2D eigenvalue weighted by molar-refractivity contribution is 6.33. The number of halogens is 1. The van der Waals surface area contributed by atoms with E-state index >= 15 is 0 Å². The van der Waals surface area contributed by atoms with E-state index in [4.69, 9.17) is 27.6 Å². The van der Waals surface area contributed by atoms with Crippen molar-refractivity contribution in [2.45, 2.75) is 13.8 Å². The van der Waals surface area contributed by atoms with Crippen LogP contribution in [0.1, 0.15) is 22.6 Å². The van der Waals surface area contributed by atoms with Gasteiger partial charge in [0.1, 0.15) is 11.5 Å². The molecule has 0 aliphatic carbocycles. The van der Waals surface area contributed by atoms with Crippen LogP contribution in [0.3, 0.4) is 0 Å².